The maximum absolute atomic E-state index is 11.0. The minimum Gasteiger partial charge on any atom is -0.319 e. The van der Waals surface area contributed by atoms with Crippen molar-refractivity contribution < 1.29 is 4.79 Å². The highest BCUT2D eigenvalue weighted by Gasteiger charge is 2.16. The van der Waals surface area contributed by atoms with Gasteiger partial charge in [-0.2, -0.15) is 0 Å². The van der Waals surface area contributed by atoms with Crippen LogP contribution in [-0.2, 0) is 4.79 Å². The molecular weight excluding hydrogens is 138 g/mol. The number of carbonyl (C=O) groups excluding carboxylic acids is 1. The molecule has 0 atom stereocenters. The van der Waals surface area contributed by atoms with E-state index < -0.39 is 0 Å². The predicted octanol–water partition coefficient (Wildman–Crippen LogP) is 1.92. The second-order valence-corrected chi connectivity index (χ2v) is 2.86. The van der Waals surface area contributed by atoms with Gasteiger partial charge in [-0.1, -0.05) is 19.4 Å². The minimum absolute atomic E-state index is 0.275. The number of amides is 1. The van der Waals surface area contributed by atoms with E-state index >= 15 is 0 Å². The van der Waals surface area contributed by atoms with Gasteiger partial charge in [0.2, 0.25) is 5.91 Å². The van der Waals surface area contributed by atoms with Crippen LogP contribution < -0.4 is 0 Å². The van der Waals surface area contributed by atoms with Crippen molar-refractivity contribution in [2.24, 2.45) is 0 Å². The van der Waals surface area contributed by atoms with E-state index in [4.69, 9.17) is 0 Å². The average molecular weight is 153 g/mol. The summed E-state index contributed by atoms with van der Waals surface area (Å²) in [6.07, 6.45) is 7.98. The molecular formula is C9H15NO. The smallest absolute Gasteiger partial charge is 0.226 e. The summed E-state index contributed by atoms with van der Waals surface area (Å²) in [6, 6.07) is 0. The van der Waals surface area contributed by atoms with Crippen LogP contribution in [0.15, 0.2) is 12.3 Å². The van der Waals surface area contributed by atoms with E-state index in [2.05, 4.69) is 13.0 Å². The highest BCUT2D eigenvalue weighted by molar-refractivity contribution is 5.79. The molecule has 0 aromatic carbocycles. The van der Waals surface area contributed by atoms with Gasteiger partial charge >= 0.3 is 0 Å². The Morgan fingerprint density at radius 2 is 2.45 bits per heavy atom. The van der Waals surface area contributed by atoms with Gasteiger partial charge in [0, 0.05) is 19.2 Å². The van der Waals surface area contributed by atoms with Crippen molar-refractivity contribution in [1.82, 2.24) is 4.90 Å². The highest BCUT2D eigenvalue weighted by atomic mass is 16.2. The van der Waals surface area contributed by atoms with Crippen molar-refractivity contribution in [3.8, 4) is 0 Å². The molecule has 1 aliphatic heterocycles. The fraction of sp³-hybridized carbons (Fsp3) is 0.667. The first-order valence-corrected chi connectivity index (χ1v) is 4.30. The lowest BCUT2D eigenvalue weighted by molar-refractivity contribution is -0.125. The van der Waals surface area contributed by atoms with Crippen LogP contribution in [0.3, 0.4) is 0 Å². The third kappa shape index (κ3) is 2.37. The summed E-state index contributed by atoms with van der Waals surface area (Å²) in [4.78, 5) is 12.9. The van der Waals surface area contributed by atoms with Crippen LogP contribution in [0.4, 0.5) is 0 Å². The fourth-order valence-corrected chi connectivity index (χ4v) is 1.20. The molecule has 1 fully saturated rings. The summed E-state index contributed by atoms with van der Waals surface area (Å²) < 4.78 is 0. The van der Waals surface area contributed by atoms with Crippen LogP contribution in [0.2, 0.25) is 0 Å². The number of rotatable bonds is 3. The van der Waals surface area contributed by atoms with E-state index in [1.54, 1.807) is 0 Å². The van der Waals surface area contributed by atoms with E-state index in [0.717, 1.165) is 32.2 Å². The first kappa shape index (κ1) is 8.31. The molecule has 1 saturated heterocycles. The van der Waals surface area contributed by atoms with Crippen LogP contribution in [0.25, 0.3) is 0 Å². The van der Waals surface area contributed by atoms with Crippen molar-refractivity contribution in [1.29, 1.82) is 0 Å². The molecule has 1 aliphatic rings. The summed E-state index contributed by atoms with van der Waals surface area (Å²) in [5, 5.41) is 0. The molecule has 2 heteroatoms. The minimum atomic E-state index is 0.275. The molecule has 62 valence electrons. The molecule has 0 aromatic rings. The first-order valence-electron chi connectivity index (χ1n) is 4.30. The molecule has 0 unspecified atom stereocenters. The Bertz CT molecular complexity index is 163. The second-order valence-electron chi connectivity index (χ2n) is 2.86. The van der Waals surface area contributed by atoms with E-state index in [-0.39, 0.29) is 5.91 Å². The van der Waals surface area contributed by atoms with Gasteiger partial charge in [-0.05, 0) is 12.8 Å². The molecule has 0 radical (unpaired) electrons. The van der Waals surface area contributed by atoms with Crippen molar-refractivity contribution in [3.63, 3.8) is 0 Å². The summed E-state index contributed by atoms with van der Waals surface area (Å²) in [5.74, 6) is 0.275. The van der Waals surface area contributed by atoms with Gasteiger partial charge in [0.25, 0.3) is 0 Å². The molecule has 0 saturated carbocycles. The van der Waals surface area contributed by atoms with Crippen LogP contribution in [0, 0.1) is 0 Å². The number of unbranched alkanes of at least 4 members (excludes halogenated alkanes) is 1. The Morgan fingerprint density at radius 1 is 1.64 bits per heavy atom. The zero-order valence-electron chi connectivity index (χ0n) is 7.05. The zero-order valence-corrected chi connectivity index (χ0v) is 7.05. The fourth-order valence-electron chi connectivity index (χ4n) is 1.20. The maximum Gasteiger partial charge on any atom is 0.226 e. The second kappa shape index (κ2) is 4.16. The van der Waals surface area contributed by atoms with Crippen LogP contribution in [0.1, 0.15) is 32.6 Å². The van der Waals surface area contributed by atoms with Crippen LogP contribution >= 0.6 is 0 Å². The number of nitrogens with zero attached hydrogens (tertiary/aromatic N) is 1. The number of likely N-dealkylation sites (tertiary alicyclic amines) is 1. The van der Waals surface area contributed by atoms with Crippen molar-refractivity contribution in [3.05, 3.63) is 12.3 Å². The Hall–Kier alpha value is -0.790. The van der Waals surface area contributed by atoms with E-state index in [9.17, 15) is 4.79 Å². The van der Waals surface area contributed by atoms with E-state index in [1.165, 1.54) is 0 Å². The summed E-state index contributed by atoms with van der Waals surface area (Å²) >= 11 is 0. The average Bonchev–Trinajstić information content (AvgIpc) is 2.37. The van der Waals surface area contributed by atoms with E-state index in [0.29, 0.717) is 0 Å². The number of hydrogen-bond donors (Lipinski definition) is 0. The molecule has 0 N–H and O–H groups in total. The maximum atomic E-state index is 11.0. The highest BCUT2D eigenvalue weighted by Crippen LogP contribution is 2.09. The Balaban J connectivity index is 2.30. The SMILES string of the molecule is CCC/C=C/N1CCCC1=O. The molecule has 1 rings (SSSR count). The Labute approximate surface area is 67.9 Å². The largest absolute Gasteiger partial charge is 0.319 e. The standard InChI is InChI=1S/C9H15NO/c1-2-3-4-7-10-8-5-6-9(10)11/h4,7H,2-3,5-6,8H2,1H3/b7-4+. The number of allylic oxidation sites excluding steroid dienone is 1. The topological polar surface area (TPSA) is 20.3 Å². The van der Waals surface area contributed by atoms with Gasteiger partial charge < -0.3 is 4.90 Å². The molecule has 1 amide bonds. The summed E-state index contributed by atoms with van der Waals surface area (Å²) in [5.41, 5.74) is 0. The van der Waals surface area contributed by atoms with Gasteiger partial charge in [0.1, 0.15) is 0 Å². The normalized spacial score (nSPS) is 18.6. The molecule has 0 bridgehead atoms. The van der Waals surface area contributed by atoms with Crippen molar-refractivity contribution in [2.45, 2.75) is 32.6 Å². The Morgan fingerprint density at radius 3 is 3.00 bits per heavy atom. The van der Waals surface area contributed by atoms with Gasteiger partial charge in [-0.3, -0.25) is 4.79 Å². The van der Waals surface area contributed by atoms with Gasteiger partial charge in [-0.15, -0.1) is 0 Å². The monoisotopic (exact) mass is 153 g/mol. The number of hydrogen-bond acceptors (Lipinski definition) is 1. The molecule has 1 heterocycles. The van der Waals surface area contributed by atoms with Gasteiger partial charge in [0.15, 0.2) is 0 Å². The van der Waals surface area contributed by atoms with Crippen molar-refractivity contribution in [2.75, 3.05) is 6.54 Å². The van der Waals surface area contributed by atoms with Gasteiger partial charge in [-0.25, -0.2) is 0 Å². The lowest BCUT2D eigenvalue weighted by Gasteiger charge is -2.07. The molecule has 0 aromatic heterocycles. The van der Waals surface area contributed by atoms with E-state index in [1.807, 2.05) is 11.1 Å². The first-order chi connectivity index (χ1) is 5.34. The Kier molecular flexibility index (Phi) is 3.14. The van der Waals surface area contributed by atoms with Crippen LogP contribution in [-0.4, -0.2) is 17.4 Å². The molecule has 2 nitrogen and oxygen atoms in total. The lowest BCUT2D eigenvalue weighted by atomic mass is 10.3. The number of carbonyl (C=O) groups is 1. The molecule has 11 heavy (non-hydrogen) atoms. The third-order valence-corrected chi connectivity index (χ3v) is 1.85. The quantitative estimate of drug-likeness (QED) is 0.606. The molecule has 0 spiro atoms. The summed E-state index contributed by atoms with van der Waals surface area (Å²) in [6.45, 7) is 3.05. The predicted molar refractivity (Wildman–Crippen MR) is 45.0 cm³/mol. The van der Waals surface area contributed by atoms with Gasteiger partial charge in [0.05, 0.1) is 0 Å². The summed E-state index contributed by atoms with van der Waals surface area (Å²) in [7, 11) is 0. The third-order valence-electron chi connectivity index (χ3n) is 1.85. The van der Waals surface area contributed by atoms with Crippen LogP contribution in [0.5, 0.6) is 0 Å². The lowest BCUT2D eigenvalue weighted by Crippen LogP contribution is -2.17. The molecule has 0 aliphatic carbocycles. The zero-order chi connectivity index (χ0) is 8.10. The van der Waals surface area contributed by atoms with Crippen molar-refractivity contribution >= 4 is 5.91 Å².